The van der Waals surface area contributed by atoms with E-state index in [2.05, 4.69) is 41.3 Å². The molecule has 132 valence electrons. The maximum atomic E-state index is 5.50. The Kier molecular flexibility index (Phi) is 4.72. The lowest BCUT2D eigenvalue weighted by molar-refractivity contribution is 0.265. The van der Waals surface area contributed by atoms with Crippen LogP contribution in [0.4, 0.5) is 0 Å². The highest BCUT2D eigenvalue weighted by atomic mass is 16.5. The van der Waals surface area contributed by atoms with Crippen molar-refractivity contribution >= 4 is 0 Å². The lowest BCUT2D eigenvalue weighted by Gasteiger charge is -2.22. The molecule has 3 aromatic rings. The summed E-state index contributed by atoms with van der Waals surface area (Å²) in [6.07, 6.45) is 2.86. The van der Waals surface area contributed by atoms with Crippen molar-refractivity contribution in [3.05, 3.63) is 48.1 Å². The summed E-state index contributed by atoms with van der Waals surface area (Å²) in [5, 5.41) is 11.8. The highest BCUT2D eigenvalue weighted by molar-refractivity contribution is 5.56. The van der Waals surface area contributed by atoms with E-state index in [1.807, 2.05) is 55.2 Å². The first-order valence-electron chi connectivity index (χ1n) is 8.50. The molecule has 2 heterocycles. The van der Waals surface area contributed by atoms with Crippen molar-refractivity contribution in [2.24, 2.45) is 5.41 Å². The van der Waals surface area contributed by atoms with E-state index in [1.165, 1.54) is 0 Å². The number of hydrogen-bond acceptors (Lipinski definition) is 5. The van der Waals surface area contributed by atoms with Gasteiger partial charge in [0, 0.05) is 11.8 Å². The number of benzene rings is 1. The van der Waals surface area contributed by atoms with E-state index in [0.29, 0.717) is 11.7 Å². The van der Waals surface area contributed by atoms with Crippen LogP contribution in [-0.4, -0.2) is 27.0 Å². The number of nitrogens with zero attached hydrogens (tertiary/aromatic N) is 4. The molecule has 0 spiro atoms. The molecule has 0 amide bonds. The SMILES string of the molecule is CNC(CC(C)(C)C)c1nc(-c2ccc(-n3ccc(C)n3)cc2)no1. The third-order valence-corrected chi connectivity index (χ3v) is 4.02. The molecule has 1 atom stereocenters. The smallest absolute Gasteiger partial charge is 0.244 e. The fourth-order valence-electron chi connectivity index (χ4n) is 2.74. The van der Waals surface area contributed by atoms with E-state index >= 15 is 0 Å². The Labute approximate surface area is 148 Å². The molecule has 25 heavy (non-hydrogen) atoms. The summed E-state index contributed by atoms with van der Waals surface area (Å²) in [5.41, 5.74) is 3.09. The van der Waals surface area contributed by atoms with Gasteiger partial charge in [-0.3, -0.25) is 0 Å². The summed E-state index contributed by atoms with van der Waals surface area (Å²) in [4.78, 5) is 4.58. The molecule has 1 aromatic carbocycles. The van der Waals surface area contributed by atoms with Crippen molar-refractivity contribution in [3.8, 4) is 17.1 Å². The van der Waals surface area contributed by atoms with Crippen LogP contribution in [-0.2, 0) is 0 Å². The van der Waals surface area contributed by atoms with Gasteiger partial charge in [0.25, 0.3) is 0 Å². The average Bonchev–Trinajstić information content (AvgIpc) is 3.21. The van der Waals surface area contributed by atoms with E-state index in [4.69, 9.17) is 4.52 Å². The summed E-state index contributed by atoms with van der Waals surface area (Å²) in [6, 6.07) is 10.0. The van der Waals surface area contributed by atoms with Gasteiger partial charge in [0.2, 0.25) is 11.7 Å². The number of aryl methyl sites for hydroxylation is 1. The third-order valence-electron chi connectivity index (χ3n) is 4.02. The van der Waals surface area contributed by atoms with E-state index in [9.17, 15) is 0 Å². The van der Waals surface area contributed by atoms with E-state index < -0.39 is 0 Å². The molecule has 0 aliphatic heterocycles. The van der Waals surface area contributed by atoms with Crippen molar-refractivity contribution in [2.45, 2.75) is 40.2 Å². The predicted octanol–water partition coefficient (Wildman–Crippen LogP) is 3.93. The van der Waals surface area contributed by atoms with Crippen molar-refractivity contribution < 1.29 is 4.52 Å². The van der Waals surface area contributed by atoms with Gasteiger partial charge in [0.1, 0.15) is 0 Å². The standard InChI is InChI=1S/C19H25N5O/c1-13-10-11-24(22-13)15-8-6-14(7-9-15)17-21-18(25-23-17)16(20-5)12-19(2,3)4/h6-11,16,20H,12H2,1-5H3. The van der Waals surface area contributed by atoms with Crippen molar-refractivity contribution in [1.29, 1.82) is 0 Å². The topological polar surface area (TPSA) is 68.8 Å². The molecule has 1 unspecified atom stereocenters. The largest absolute Gasteiger partial charge is 0.337 e. The molecular formula is C19H25N5O. The van der Waals surface area contributed by atoms with Crippen LogP contribution in [0.15, 0.2) is 41.1 Å². The zero-order chi connectivity index (χ0) is 18.0. The number of rotatable bonds is 5. The minimum absolute atomic E-state index is 0.0487. The van der Waals surface area contributed by atoms with Gasteiger partial charge in [0.15, 0.2) is 0 Å². The van der Waals surface area contributed by atoms with Gasteiger partial charge in [-0.15, -0.1) is 0 Å². The first kappa shape index (κ1) is 17.4. The third kappa shape index (κ3) is 4.14. The number of nitrogens with one attached hydrogen (secondary N) is 1. The highest BCUT2D eigenvalue weighted by Gasteiger charge is 2.24. The molecular weight excluding hydrogens is 314 g/mol. The first-order chi connectivity index (χ1) is 11.9. The van der Waals surface area contributed by atoms with Gasteiger partial charge >= 0.3 is 0 Å². The van der Waals surface area contributed by atoms with Crippen LogP contribution >= 0.6 is 0 Å². The second-order valence-corrected chi connectivity index (χ2v) is 7.51. The Morgan fingerprint density at radius 3 is 2.44 bits per heavy atom. The molecule has 6 nitrogen and oxygen atoms in total. The Morgan fingerprint density at radius 2 is 1.88 bits per heavy atom. The van der Waals surface area contributed by atoms with Gasteiger partial charge < -0.3 is 9.84 Å². The minimum Gasteiger partial charge on any atom is -0.337 e. The van der Waals surface area contributed by atoms with E-state index in [-0.39, 0.29) is 11.5 Å². The molecule has 0 bridgehead atoms. The normalized spacial score (nSPS) is 13.2. The molecule has 0 saturated carbocycles. The molecule has 3 rings (SSSR count). The van der Waals surface area contributed by atoms with Gasteiger partial charge in [-0.2, -0.15) is 10.1 Å². The highest BCUT2D eigenvalue weighted by Crippen LogP contribution is 2.29. The van der Waals surface area contributed by atoms with E-state index in [1.54, 1.807) is 0 Å². The van der Waals surface area contributed by atoms with Gasteiger partial charge in [-0.05, 0) is 56.1 Å². The molecule has 6 heteroatoms. The molecule has 1 N–H and O–H groups in total. The monoisotopic (exact) mass is 339 g/mol. The van der Waals surface area contributed by atoms with Crippen LogP contribution in [0.25, 0.3) is 17.1 Å². The zero-order valence-corrected chi connectivity index (χ0v) is 15.4. The second kappa shape index (κ2) is 6.80. The van der Waals surface area contributed by atoms with Crippen molar-refractivity contribution in [1.82, 2.24) is 25.2 Å². The number of hydrogen-bond donors (Lipinski definition) is 1. The quantitative estimate of drug-likeness (QED) is 0.763. The van der Waals surface area contributed by atoms with Crippen molar-refractivity contribution in [2.75, 3.05) is 7.05 Å². The Bertz CT molecular complexity index is 826. The predicted molar refractivity (Wildman–Crippen MR) is 97.5 cm³/mol. The lowest BCUT2D eigenvalue weighted by Crippen LogP contribution is -2.22. The van der Waals surface area contributed by atoms with Gasteiger partial charge in [-0.1, -0.05) is 25.9 Å². The van der Waals surface area contributed by atoms with Crippen LogP contribution in [0.1, 0.15) is 44.8 Å². The molecule has 0 aliphatic rings. The zero-order valence-electron chi connectivity index (χ0n) is 15.4. The van der Waals surface area contributed by atoms with Crippen LogP contribution < -0.4 is 5.32 Å². The maximum absolute atomic E-state index is 5.50. The molecule has 0 saturated heterocycles. The van der Waals surface area contributed by atoms with Crippen LogP contribution in [0, 0.1) is 12.3 Å². The Hall–Kier alpha value is -2.47. The fourth-order valence-corrected chi connectivity index (χ4v) is 2.74. The lowest BCUT2D eigenvalue weighted by atomic mass is 9.88. The molecule has 0 aliphatic carbocycles. The Morgan fingerprint density at radius 1 is 1.16 bits per heavy atom. The van der Waals surface area contributed by atoms with Crippen molar-refractivity contribution in [3.63, 3.8) is 0 Å². The van der Waals surface area contributed by atoms with Crippen LogP contribution in [0.5, 0.6) is 0 Å². The summed E-state index contributed by atoms with van der Waals surface area (Å²) < 4.78 is 7.34. The van der Waals surface area contributed by atoms with Gasteiger partial charge in [-0.25, -0.2) is 4.68 Å². The second-order valence-electron chi connectivity index (χ2n) is 7.51. The molecule has 0 fully saturated rings. The average molecular weight is 339 g/mol. The van der Waals surface area contributed by atoms with E-state index in [0.717, 1.165) is 23.4 Å². The fraction of sp³-hybridized carbons (Fsp3) is 0.421. The summed E-state index contributed by atoms with van der Waals surface area (Å²) in [7, 11) is 1.92. The summed E-state index contributed by atoms with van der Waals surface area (Å²) in [6.45, 7) is 8.57. The Balaban J connectivity index is 1.80. The molecule has 2 aromatic heterocycles. The maximum Gasteiger partial charge on any atom is 0.244 e. The number of aromatic nitrogens is 4. The van der Waals surface area contributed by atoms with Crippen LogP contribution in [0.3, 0.4) is 0 Å². The molecule has 0 radical (unpaired) electrons. The minimum atomic E-state index is 0.0487. The summed E-state index contributed by atoms with van der Waals surface area (Å²) >= 11 is 0. The first-order valence-corrected chi connectivity index (χ1v) is 8.50. The van der Waals surface area contributed by atoms with Crippen LogP contribution in [0.2, 0.25) is 0 Å². The summed E-state index contributed by atoms with van der Waals surface area (Å²) in [5.74, 6) is 1.23. The van der Waals surface area contributed by atoms with Gasteiger partial charge in [0.05, 0.1) is 17.4 Å².